The Balaban J connectivity index is 4.81. The van der Waals surface area contributed by atoms with Crippen LogP contribution in [0.15, 0.2) is 0 Å². The summed E-state index contributed by atoms with van der Waals surface area (Å²) >= 11 is 0. The van der Waals surface area contributed by atoms with Gasteiger partial charge in [0.1, 0.15) is 8.24 Å². The van der Waals surface area contributed by atoms with E-state index in [1.807, 2.05) is 39.3 Å². The summed E-state index contributed by atoms with van der Waals surface area (Å²) in [5.74, 6) is -0.874. The third-order valence-corrected chi connectivity index (χ3v) is 4.74. The molecule has 0 amide bonds. The lowest BCUT2D eigenvalue weighted by Crippen LogP contribution is -2.53. The Morgan fingerprint density at radius 3 is 2.00 bits per heavy atom. The van der Waals surface area contributed by atoms with Gasteiger partial charge in [0.05, 0.1) is 11.8 Å². The monoisotopic (exact) mass is 327 g/mol. The van der Waals surface area contributed by atoms with Crippen LogP contribution < -0.4 is 4.98 Å². The SMILES string of the molecule is C[Si](C)(C)NC(CCS(=O)(=O)O)C(=O)O[Si](C)(C)C. The molecular formula is C10H25NO5SSi2. The number of carbonyl (C=O) groups excluding carboxylic acids is 1. The van der Waals surface area contributed by atoms with Gasteiger partial charge in [-0.1, -0.05) is 19.6 Å². The highest BCUT2D eigenvalue weighted by Gasteiger charge is 2.30. The van der Waals surface area contributed by atoms with Crippen LogP contribution in [0.1, 0.15) is 6.42 Å². The van der Waals surface area contributed by atoms with E-state index in [4.69, 9.17) is 8.98 Å². The first-order valence-electron chi connectivity index (χ1n) is 6.15. The molecule has 0 aromatic rings. The van der Waals surface area contributed by atoms with E-state index in [1.165, 1.54) is 0 Å². The lowest BCUT2D eigenvalue weighted by atomic mass is 10.2. The summed E-state index contributed by atoms with van der Waals surface area (Å²) in [5, 5.41) is 0. The van der Waals surface area contributed by atoms with Gasteiger partial charge in [-0.05, 0) is 26.1 Å². The van der Waals surface area contributed by atoms with Gasteiger partial charge in [-0.15, -0.1) is 0 Å². The summed E-state index contributed by atoms with van der Waals surface area (Å²) < 4.78 is 35.8. The van der Waals surface area contributed by atoms with Gasteiger partial charge in [-0.25, -0.2) is 0 Å². The van der Waals surface area contributed by atoms with E-state index in [-0.39, 0.29) is 6.42 Å². The molecule has 9 heteroatoms. The first-order valence-corrected chi connectivity index (χ1v) is 14.7. The van der Waals surface area contributed by atoms with Crippen molar-refractivity contribution in [3.05, 3.63) is 0 Å². The largest absolute Gasteiger partial charge is 0.519 e. The minimum atomic E-state index is -4.07. The highest BCUT2D eigenvalue weighted by Crippen LogP contribution is 2.10. The topological polar surface area (TPSA) is 92.7 Å². The van der Waals surface area contributed by atoms with Crippen LogP contribution in [-0.4, -0.2) is 47.3 Å². The highest BCUT2D eigenvalue weighted by molar-refractivity contribution is 7.85. The molecule has 0 radical (unpaired) electrons. The Labute approximate surface area is 117 Å². The van der Waals surface area contributed by atoms with E-state index in [2.05, 4.69) is 4.98 Å². The Hall–Kier alpha value is -0.226. The van der Waals surface area contributed by atoms with Gasteiger partial charge >= 0.3 is 5.97 Å². The zero-order valence-electron chi connectivity index (χ0n) is 12.5. The zero-order chi connectivity index (χ0) is 15.5. The molecule has 0 aromatic heterocycles. The Bertz CT molecular complexity index is 411. The van der Waals surface area contributed by atoms with Crippen molar-refractivity contribution in [2.24, 2.45) is 0 Å². The summed E-state index contributed by atoms with van der Waals surface area (Å²) in [7, 11) is -7.86. The maximum atomic E-state index is 12.0. The number of hydrogen-bond acceptors (Lipinski definition) is 5. The van der Waals surface area contributed by atoms with E-state index < -0.39 is 44.4 Å². The fourth-order valence-electron chi connectivity index (χ4n) is 1.41. The van der Waals surface area contributed by atoms with E-state index in [0.29, 0.717) is 0 Å². The van der Waals surface area contributed by atoms with Crippen LogP contribution in [0.25, 0.3) is 0 Å². The highest BCUT2D eigenvalue weighted by atomic mass is 32.2. The van der Waals surface area contributed by atoms with Gasteiger partial charge in [0, 0.05) is 0 Å². The van der Waals surface area contributed by atoms with Crippen molar-refractivity contribution >= 4 is 32.6 Å². The average molecular weight is 328 g/mol. The summed E-state index contributed by atoms with van der Waals surface area (Å²) in [4.78, 5) is 15.2. The van der Waals surface area contributed by atoms with E-state index in [0.717, 1.165) is 0 Å². The lowest BCUT2D eigenvalue weighted by Gasteiger charge is -2.28. The fraction of sp³-hybridized carbons (Fsp3) is 0.900. The summed E-state index contributed by atoms with van der Waals surface area (Å²) in [6.45, 7) is 11.7. The van der Waals surface area contributed by atoms with Crippen LogP contribution in [0.4, 0.5) is 0 Å². The van der Waals surface area contributed by atoms with Gasteiger partial charge in [0.2, 0.25) is 8.32 Å². The molecule has 0 aromatic carbocycles. The number of rotatable bonds is 7. The summed E-state index contributed by atoms with van der Waals surface area (Å²) in [5.41, 5.74) is 0. The smallest absolute Gasteiger partial charge is 0.309 e. The molecule has 1 atom stereocenters. The molecule has 0 saturated heterocycles. The molecule has 1 unspecified atom stereocenters. The Morgan fingerprint density at radius 2 is 1.68 bits per heavy atom. The van der Waals surface area contributed by atoms with E-state index in [9.17, 15) is 13.2 Å². The van der Waals surface area contributed by atoms with Crippen molar-refractivity contribution in [3.8, 4) is 0 Å². The van der Waals surface area contributed by atoms with Crippen LogP contribution in [0.2, 0.25) is 39.3 Å². The van der Waals surface area contributed by atoms with Crippen molar-refractivity contribution in [2.45, 2.75) is 51.7 Å². The van der Waals surface area contributed by atoms with Crippen LogP contribution in [0.3, 0.4) is 0 Å². The van der Waals surface area contributed by atoms with Crippen LogP contribution in [0, 0.1) is 0 Å². The van der Waals surface area contributed by atoms with Crippen molar-refractivity contribution in [3.63, 3.8) is 0 Å². The first-order chi connectivity index (χ1) is 8.20. The van der Waals surface area contributed by atoms with Gasteiger partial charge in [0.25, 0.3) is 10.1 Å². The summed E-state index contributed by atoms with van der Waals surface area (Å²) in [6, 6.07) is -0.680. The van der Waals surface area contributed by atoms with Gasteiger partial charge in [-0.2, -0.15) is 8.42 Å². The Kier molecular flexibility index (Phi) is 6.41. The molecule has 0 spiro atoms. The van der Waals surface area contributed by atoms with Crippen molar-refractivity contribution in [1.82, 2.24) is 4.98 Å². The number of carbonyl (C=O) groups is 1. The maximum Gasteiger partial charge on any atom is 0.309 e. The Morgan fingerprint density at radius 1 is 1.21 bits per heavy atom. The standard InChI is InChI=1S/C10H25NO5SSi2/c1-18(2,3)11-9(7-8-17(13,14)15)10(12)16-19(4,5)6/h9,11H,7-8H2,1-6H3,(H,13,14,15). The third-order valence-electron chi connectivity index (χ3n) is 1.96. The molecule has 0 saturated carbocycles. The minimum absolute atomic E-state index is 0.0203. The minimum Gasteiger partial charge on any atom is -0.519 e. The average Bonchev–Trinajstić information content (AvgIpc) is 2.05. The molecule has 19 heavy (non-hydrogen) atoms. The third kappa shape index (κ3) is 11.3. The van der Waals surface area contributed by atoms with Gasteiger partial charge in [0.15, 0.2) is 0 Å². The first kappa shape index (κ1) is 18.8. The molecule has 0 bridgehead atoms. The zero-order valence-corrected chi connectivity index (χ0v) is 15.3. The lowest BCUT2D eigenvalue weighted by molar-refractivity contribution is -0.137. The van der Waals surface area contributed by atoms with Crippen molar-refractivity contribution in [1.29, 1.82) is 0 Å². The second kappa shape index (κ2) is 6.48. The second-order valence-corrected chi connectivity index (χ2v) is 17.3. The van der Waals surface area contributed by atoms with E-state index >= 15 is 0 Å². The molecule has 2 N–H and O–H groups in total. The quantitative estimate of drug-likeness (QED) is 0.543. The molecule has 0 fully saturated rings. The molecule has 0 aliphatic heterocycles. The van der Waals surface area contributed by atoms with Gasteiger partial charge in [-0.3, -0.25) is 9.35 Å². The van der Waals surface area contributed by atoms with Crippen molar-refractivity contribution < 1.29 is 22.2 Å². The molecule has 0 heterocycles. The van der Waals surface area contributed by atoms with Gasteiger partial charge < -0.3 is 9.41 Å². The van der Waals surface area contributed by atoms with Crippen molar-refractivity contribution in [2.75, 3.05) is 5.75 Å². The molecule has 114 valence electrons. The van der Waals surface area contributed by atoms with E-state index in [1.54, 1.807) is 0 Å². The second-order valence-electron chi connectivity index (χ2n) is 6.56. The predicted molar refractivity (Wildman–Crippen MR) is 80.7 cm³/mol. The predicted octanol–water partition coefficient (Wildman–Crippen LogP) is 1.44. The van der Waals surface area contributed by atoms with Crippen LogP contribution in [0.5, 0.6) is 0 Å². The number of nitrogens with one attached hydrogen (secondary N) is 1. The normalized spacial score (nSPS) is 15.1. The summed E-state index contributed by atoms with van der Waals surface area (Å²) in [6.07, 6.45) is 0.0203. The molecule has 6 nitrogen and oxygen atoms in total. The maximum absolute atomic E-state index is 12.0. The van der Waals surface area contributed by atoms with Crippen LogP contribution in [-0.2, 0) is 19.3 Å². The molecule has 0 aliphatic rings. The number of hydrogen-bond donors (Lipinski definition) is 2. The molecule has 0 rings (SSSR count). The fourth-order valence-corrected chi connectivity index (χ4v) is 4.00. The molecular weight excluding hydrogens is 302 g/mol. The van der Waals surface area contributed by atoms with Crippen LogP contribution >= 0.6 is 0 Å². The molecule has 0 aliphatic carbocycles.